The van der Waals surface area contributed by atoms with Crippen molar-refractivity contribution in [2.75, 3.05) is 33.3 Å². The van der Waals surface area contributed by atoms with Gasteiger partial charge >= 0.3 is 0 Å². The van der Waals surface area contributed by atoms with Crippen LogP contribution in [0.5, 0.6) is 0 Å². The molecule has 1 saturated heterocycles. The van der Waals surface area contributed by atoms with Crippen molar-refractivity contribution in [3.05, 3.63) is 0 Å². The number of hydrogen-bond donors (Lipinski definition) is 2. The molecule has 0 saturated carbocycles. The Bertz CT molecular complexity index is 234. The van der Waals surface area contributed by atoms with Crippen molar-refractivity contribution < 1.29 is 9.53 Å². The first-order valence-corrected chi connectivity index (χ1v) is 6.40. The summed E-state index contributed by atoms with van der Waals surface area (Å²) in [5, 5.41) is 2.92. The number of carbonyl (C=O) groups is 1. The maximum atomic E-state index is 11.5. The van der Waals surface area contributed by atoms with Crippen molar-refractivity contribution in [2.45, 2.75) is 38.3 Å². The van der Waals surface area contributed by atoms with Gasteiger partial charge in [-0.15, -0.1) is 0 Å². The first kappa shape index (κ1) is 14.4. The molecule has 0 aromatic rings. The molecule has 0 aromatic carbocycles. The van der Waals surface area contributed by atoms with E-state index in [9.17, 15) is 4.79 Å². The van der Waals surface area contributed by atoms with E-state index in [4.69, 9.17) is 10.5 Å². The Hall–Kier alpha value is -0.650. The molecule has 5 nitrogen and oxygen atoms in total. The number of hydrogen-bond acceptors (Lipinski definition) is 4. The minimum Gasteiger partial charge on any atom is -0.374 e. The minimum absolute atomic E-state index is 0.0995. The van der Waals surface area contributed by atoms with Crippen LogP contribution in [0.25, 0.3) is 0 Å². The molecule has 1 heterocycles. The first-order valence-electron chi connectivity index (χ1n) is 6.40. The second-order valence-corrected chi connectivity index (χ2v) is 4.93. The lowest BCUT2D eigenvalue weighted by Crippen LogP contribution is -2.45. The van der Waals surface area contributed by atoms with Crippen LogP contribution in [0.1, 0.15) is 26.2 Å². The number of amides is 1. The lowest BCUT2D eigenvalue weighted by atomic mass is 10.1. The van der Waals surface area contributed by atoms with Crippen LogP contribution < -0.4 is 11.1 Å². The van der Waals surface area contributed by atoms with Crippen molar-refractivity contribution in [1.82, 2.24) is 10.2 Å². The molecule has 0 bridgehead atoms. The molecule has 2 unspecified atom stereocenters. The quantitative estimate of drug-likeness (QED) is 0.686. The Kier molecular flexibility index (Phi) is 6.47. The minimum atomic E-state index is 0.0995. The summed E-state index contributed by atoms with van der Waals surface area (Å²) in [4.78, 5) is 13.7. The fraction of sp³-hybridized carbons (Fsp3) is 0.917. The SMILES string of the molecule is CC(N)CCCC(=O)NCC1CN(C)CCO1. The maximum absolute atomic E-state index is 11.5. The van der Waals surface area contributed by atoms with Crippen LogP contribution in [0, 0.1) is 0 Å². The summed E-state index contributed by atoms with van der Waals surface area (Å²) in [6, 6.07) is 0.179. The van der Waals surface area contributed by atoms with E-state index in [2.05, 4.69) is 17.3 Å². The Labute approximate surface area is 104 Å². The largest absolute Gasteiger partial charge is 0.374 e. The van der Waals surface area contributed by atoms with Crippen LogP contribution in [0.15, 0.2) is 0 Å². The predicted octanol–water partition coefficient (Wildman–Crippen LogP) is -0.0493. The molecule has 5 heteroatoms. The Morgan fingerprint density at radius 2 is 2.41 bits per heavy atom. The maximum Gasteiger partial charge on any atom is 0.220 e. The van der Waals surface area contributed by atoms with E-state index in [-0.39, 0.29) is 18.1 Å². The molecule has 17 heavy (non-hydrogen) atoms. The third-order valence-corrected chi connectivity index (χ3v) is 2.93. The molecular formula is C12H25N3O2. The molecule has 1 rings (SSSR count). The fourth-order valence-corrected chi connectivity index (χ4v) is 1.89. The highest BCUT2D eigenvalue weighted by atomic mass is 16.5. The number of nitrogens with two attached hydrogens (primary N) is 1. The smallest absolute Gasteiger partial charge is 0.220 e. The number of nitrogens with one attached hydrogen (secondary N) is 1. The summed E-state index contributed by atoms with van der Waals surface area (Å²) in [6.07, 6.45) is 2.45. The van der Waals surface area contributed by atoms with Gasteiger partial charge in [-0.05, 0) is 26.8 Å². The molecular weight excluding hydrogens is 218 g/mol. The molecule has 1 fully saturated rings. The summed E-state index contributed by atoms with van der Waals surface area (Å²) in [5.74, 6) is 0.0995. The highest BCUT2D eigenvalue weighted by Crippen LogP contribution is 2.02. The third kappa shape index (κ3) is 6.61. The molecule has 1 aliphatic rings. The summed E-state index contributed by atoms with van der Waals surface area (Å²) >= 11 is 0. The second kappa shape index (κ2) is 7.63. The van der Waals surface area contributed by atoms with Crippen molar-refractivity contribution in [3.8, 4) is 0 Å². The third-order valence-electron chi connectivity index (χ3n) is 2.93. The number of rotatable bonds is 6. The van der Waals surface area contributed by atoms with Gasteiger partial charge in [0.1, 0.15) is 0 Å². The van der Waals surface area contributed by atoms with Gasteiger partial charge in [0, 0.05) is 32.1 Å². The van der Waals surface area contributed by atoms with Crippen LogP contribution in [-0.4, -0.2) is 56.2 Å². The summed E-state index contributed by atoms with van der Waals surface area (Å²) in [5.41, 5.74) is 5.63. The summed E-state index contributed by atoms with van der Waals surface area (Å²) in [7, 11) is 2.07. The van der Waals surface area contributed by atoms with Gasteiger partial charge in [-0.25, -0.2) is 0 Å². The highest BCUT2D eigenvalue weighted by Gasteiger charge is 2.17. The number of ether oxygens (including phenoxy) is 1. The van der Waals surface area contributed by atoms with Gasteiger partial charge in [0.2, 0.25) is 5.91 Å². The van der Waals surface area contributed by atoms with Gasteiger partial charge in [-0.1, -0.05) is 0 Å². The number of carbonyl (C=O) groups excluding carboxylic acids is 1. The zero-order valence-electron chi connectivity index (χ0n) is 10.9. The summed E-state index contributed by atoms with van der Waals surface area (Å²) in [6.45, 7) is 5.19. The van der Waals surface area contributed by atoms with E-state index < -0.39 is 0 Å². The average molecular weight is 243 g/mol. The topological polar surface area (TPSA) is 67.6 Å². The van der Waals surface area contributed by atoms with Crippen LogP contribution in [0.2, 0.25) is 0 Å². The zero-order valence-corrected chi connectivity index (χ0v) is 10.9. The average Bonchev–Trinajstić information content (AvgIpc) is 2.26. The molecule has 3 N–H and O–H groups in total. The van der Waals surface area contributed by atoms with Crippen molar-refractivity contribution >= 4 is 5.91 Å². The molecule has 0 aliphatic carbocycles. The molecule has 100 valence electrons. The van der Waals surface area contributed by atoms with E-state index in [1.165, 1.54) is 0 Å². The predicted molar refractivity (Wildman–Crippen MR) is 67.7 cm³/mol. The van der Waals surface area contributed by atoms with Gasteiger partial charge in [0.05, 0.1) is 12.7 Å². The van der Waals surface area contributed by atoms with Gasteiger partial charge in [0.15, 0.2) is 0 Å². The molecule has 0 radical (unpaired) electrons. The van der Waals surface area contributed by atoms with Crippen LogP contribution >= 0.6 is 0 Å². The Balaban J connectivity index is 2.06. The first-order chi connectivity index (χ1) is 8.08. The fourth-order valence-electron chi connectivity index (χ4n) is 1.89. The standard InChI is InChI=1S/C12H25N3O2/c1-10(13)4-3-5-12(16)14-8-11-9-15(2)6-7-17-11/h10-11H,3-9,13H2,1-2H3,(H,14,16). The number of morpholine rings is 1. The second-order valence-electron chi connectivity index (χ2n) is 4.93. The van der Waals surface area contributed by atoms with Crippen molar-refractivity contribution in [3.63, 3.8) is 0 Å². The van der Waals surface area contributed by atoms with E-state index in [0.717, 1.165) is 32.5 Å². The van der Waals surface area contributed by atoms with E-state index in [0.29, 0.717) is 13.0 Å². The highest BCUT2D eigenvalue weighted by molar-refractivity contribution is 5.75. The van der Waals surface area contributed by atoms with Crippen LogP contribution in [0.3, 0.4) is 0 Å². The molecule has 1 aliphatic heterocycles. The molecule has 0 spiro atoms. The van der Waals surface area contributed by atoms with Gasteiger partial charge in [-0.2, -0.15) is 0 Å². The van der Waals surface area contributed by atoms with E-state index >= 15 is 0 Å². The van der Waals surface area contributed by atoms with E-state index in [1.807, 2.05) is 6.92 Å². The Morgan fingerprint density at radius 1 is 1.65 bits per heavy atom. The lowest BCUT2D eigenvalue weighted by Gasteiger charge is -2.30. The lowest BCUT2D eigenvalue weighted by molar-refractivity contribution is -0.122. The van der Waals surface area contributed by atoms with Gasteiger partial charge in [0.25, 0.3) is 0 Å². The van der Waals surface area contributed by atoms with Gasteiger partial charge in [-0.3, -0.25) is 4.79 Å². The van der Waals surface area contributed by atoms with Gasteiger partial charge < -0.3 is 20.7 Å². The molecule has 0 aromatic heterocycles. The molecule has 1 amide bonds. The summed E-state index contributed by atoms with van der Waals surface area (Å²) < 4.78 is 5.57. The number of likely N-dealkylation sites (N-methyl/N-ethyl adjacent to an activating group) is 1. The molecule has 2 atom stereocenters. The van der Waals surface area contributed by atoms with Crippen LogP contribution in [-0.2, 0) is 9.53 Å². The van der Waals surface area contributed by atoms with Crippen molar-refractivity contribution in [1.29, 1.82) is 0 Å². The van der Waals surface area contributed by atoms with Crippen LogP contribution in [0.4, 0.5) is 0 Å². The Morgan fingerprint density at radius 3 is 3.06 bits per heavy atom. The van der Waals surface area contributed by atoms with E-state index in [1.54, 1.807) is 0 Å². The zero-order chi connectivity index (χ0) is 12.7. The number of nitrogens with zero attached hydrogens (tertiary/aromatic N) is 1. The van der Waals surface area contributed by atoms with Crippen molar-refractivity contribution in [2.24, 2.45) is 5.73 Å². The monoisotopic (exact) mass is 243 g/mol. The normalized spacial score (nSPS) is 23.4.